The first kappa shape index (κ1) is 76.5. The number of rotatable bonds is 0. The van der Waals surface area contributed by atoms with Gasteiger partial charge >= 0.3 is 75.4 Å². The van der Waals surface area contributed by atoms with E-state index in [1.807, 2.05) is 0 Å². The molecule has 56 valence electrons. The van der Waals surface area contributed by atoms with Crippen molar-refractivity contribution in [2.24, 2.45) is 0 Å². The molecule has 3 nitrogen and oxygen atoms in total. The van der Waals surface area contributed by atoms with E-state index in [-0.39, 0.29) is 143 Å². The predicted molar refractivity (Wildman–Crippen MR) is 26.0 cm³/mol. The second-order valence-electron chi connectivity index (χ2n) is 0.250. The summed E-state index contributed by atoms with van der Waals surface area (Å²) in [5.41, 5.74) is 0. The van der Waals surface area contributed by atoms with Crippen LogP contribution in [0.3, 0.4) is 0 Å². The van der Waals surface area contributed by atoms with Gasteiger partial charge in [0, 0.05) is 0 Å². The third-order valence-corrected chi connectivity index (χ3v) is 0. The number of halogens is 4. The van der Waals surface area contributed by atoms with Gasteiger partial charge in [0.25, 0.3) is 0 Å². The monoisotopic (exact) mass is 406 g/mol. The van der Waals surface area contributed by atoms with Crippen LogP contribution in [0.2, 0.25) is 0 Å². The van der Waals surface area contributed by atoms with Crippen molar-refractivity contribution < 1.29 is 124 Å². The van der Waals surface area contributed by atoms with E-state index >= 15 is 0 Å². The van der Waals surface area contributed by atoms with Crippen LogP contribution < -0.4 is 120 Å². The van der Waals surface area contributed by atoms with Gasteiger partial charge in [-0.1, -0.05) is 0 Å². The van der Waals surface area contributed by atoms with Gasteiger partial charge in [-0.05, 0) is 6.16 Å². The van der Waals surface area contributed by atoms with Crippen LogP contribution in [0.4, 0.5) is 4.79 Å². The second-order valence-corrected chi connectivity index (χ2v) is 0.250. The molecule has 0 aliphatic carbocycles. The Balaban J connectivity index is -0.00000000161. The Morgan fingerprint density at radius 2 is 0.750 bits per heavy atom. The van der Waals surface area contributed by atoms with Crippen molar-refractivity contribution in [3.63, 3.8) is 0 Å². The van der Waals surface area contributed by atoms with Crippen LogP contribution in [-0.4, -0.2) is 6.16 Å². The van der Waals surface area contributed by atoms with Crippen LogP contribution in [0.5, 0.6) is 0 Å². The summed E-state index contributed by atoms with van der Waals surface area (Å²) in [5, 5.41) is 16.7. The summed E-state index contributed by atoms with van der Waals surface area (Å²) in [7, 11) is 0. The molecule has 12 heavy (non-hydrogen) atoms. The Hall–Kier alpha value is 3.58. The standard InChI is InChI=1S/CH2O3.4BrH.4Li/c2-1(3)4;;;;;;;;/h(H2,2,3,4);4*1H;;;;/q;;;;;4*+1/p-4. The molecule has 0 spiro atoms. The first-order valence-corrected chi connectivity index (χ1v) is 0.612. The smallest absolute Gasteiger partial charge is 1.00 e. The molecule has 0 aromatic rings. The van der Waals surface area contributed by atoms with E-state index in [0.29, 0.717) is 0 Å². The summed E-state index contributed by atoms with van der Waals surface area (Å²) < 4.78 is 0. The van der Waals surface area contributed by atoms with Crippen molar-refractivity contribution in [3.8, 4) is 0 Å². The molecule has 0 fully saturated rings. The number of hydrogen-bond donors (Lipinski definition) is 0. The third kappa shape index (κ3) is 168. The SMILES string of the molecule is Br.Br.O=C([O-])[O-].[Br-].[Br-].[Li+].[Li+].[Li+].[Li+]. The fourth-order valence-corrected chi connectivity index (χ4v) is 0. The Kier molecular flexibility index (Phi) is 396. The zero-order valence-electron chi connectivity index (χ0n) is 7.30. The number of hydrogen-bond acceptors (Lipinski definition) is 3. The molecule has 0 N–H and O–H groups in total. The van der Waals surface area contributed by atoms with Crippen LogP contribution in [-0.2, 0) is 0 Å². The average molecular weight is 409 g/mol. The summed E-state index contributed by atoms with van der Waals surface area (Å²) in [6.07, 6.45) is -2.33. The fraction of sp³-hybridized carbons (Fsp3) is 0. The zero-order chi connectivity index (χ0) is 3.58. The Bertz CT molecular complexity index is 45.3. The van der Waals surface area contributed by atoms with Gasteiger partial charge in [0.2, 0.25) is 0 Å². The molecule has 0 saturated carbocycles. The predicted octanol–water partition coefficient (Wildman–Crippen LogP) is -19.3. The molecule has 0 saturated heterocycles. The first-order valence-electron chi connectivity index (χ1n) is 0.612. The average Bonchev–Trinajstić information content (AvgIpc) is 0.811. The Morgan fingerprint density at radius 3 is 0.750 bits per heavy atom. The largest absolute Gasteiger partial charge is 1.00 e. The molecule has 11 heteroatoms. The molecule has 0 radical (unpaired) electrons. The topological polar surface area (TPSA) is 63.2 Å². The molecule has 0 amide bonds. The van der Waals surface area contributed by atoms with Gasteiger partial charge in [-0.2, -0.15) is 0 Å². The molecule has 0 aliphatic heterocycles. The van der Waals surface area contributed by atoms with Gasteiger partial charge in [0.05, 0.1) is 0 Å². The molecular weight excluding hydrogens is 407 g/mol. The molecule has 0 rings (SSSR count). The molecule has 0 heterocycles. The molecule has 0 bridgehead atoms. The minimum Gasteiger partial charge on any atom is -1.00 e. The maximum absolute atomic E-state index is 8.33. The normalized spacial score (nSPS) is 2.00. The Morgan fingerprint density at radius 1 is 0.750 bits per heavy atom. The summed E-state index contributed by atoms with van der Waals surface area (Å²) in [4.78, 5) is 8.33. The van der Waals surface area contributed by atoms with Crippen LogP contribution in [0, 0.1) is 0 Å². The molecule has 0 unspecified atom stereocenters. The van der Waals surface area contributed by atoms with Crippen molar-refractivity contribution in [1.29, 1.82) is 0 Å². The number of carboxylic acid groups (broad SMARTS) is 2. The van der Waals surface area contributed by atoms with Crippen molar-refractivity contribution in [1.82, 2.24) is 0 Å². The first-order chi connectivity index (χ1) is 1.73. The van der Waals surface area contributed by atoms with Crippen LogP contribution in [0.25, 0.3) is 0 Å². The maximum Gasteiger partial charge on any atom is 1.00 e. The quantitative estimate of drug-likeness (QED) is 0.374. The third-order valence-electron chi connectivity index (χ3n) is 0. The van der Waals surface area contributed by atoms with E-state index in [2.05, 4.69) is 0 Å². The van der Waals surface area contributed by atoms with E-state index in [0.717, 1.165) is 0 Å². The van der Waals surface area contributed by atoms with Gasteiger partial charge in [-0.15, -0.1) is 34.0 Å². The molecule has 0 aromatic carbocycles. The van der Waals surface area contributed by atoms with Crippen molar-refractivity contribution in [2.75, 3.05) is 0 Å². The van der Waals surface area contributed by atoms with Gasteiger partial charge in [-0.25, -0.2) is 0 Å². The zero-order valence-corrected chi connectivity index (χ0v) is 13.9. The minimum atomic E-state index is -2.33. The molecule has 0 aromatic heterocycles. The maximum atomic E-state index is 8.33. The van der Waals surface area contributed by atoms with E-state index in [9.17, 15) is 0 Å². The van der Waals surface area contributed by atoms with Crippen molar-refractivity contribution in [3.05, 3.63) is 0 Å². The van der Waals surface area contributed by atoms with E-state index in [4.69, 9.17) is 15.0 Å². The van der Waals surface area contributed by atoms with Crippen molar-refractivity contribution >= 4 is 40.1 Å². The Labute approximate surface area is 162 Å². The molecular formula is CH2Br4Li4O3. The van der Waals surface area contributed by atoms with Crippen LogP contribution in [0.1, 0.15) is 0 Å². The van der Waals surface area contributed by atoms with E-state index in [1.54, 1.807) is 0 Å². The molecule has 0 atom stereocenters. The number of carbonyl (C=O) groups excluding carboxylic acids is 1. The summed E-state index contributed by atoms with van der Waals surface area (Å²) in [6, 6.07) is 0. The van der Waals surface area contributed by atoms with E-state index in [1.165, 1.54) is 0 Å². The second kappa shape index (κ2) is 62.1. The number of carbonyl (C=O) groups is 1. The van der Waals surface area contributed by atoms with Crippen LogP contribution in [0.15, 0.2) is 0 Å². The van der Waals surface area contributed by atoms with Crippen LogP contribution >= 0.6 is 34.0 Å². The molecule has 0 aliphatic rings. The fourth-order valence-electron chi connectivity index (χ4n) is 0. The summed E-state index contributed by atoms with van der Waals surface area (Å²) >= 11 is 0. The van der Waals surface area contributed by atoms with Gasteiger partial charge in [0.15, 0.2) is 0 Å². The van der Waals surface area contributed by atoms with Crippen molar-refractivity contribution in [2.45, 2.75) is 0 Å². The minimum absolute atomic E-state index is 0. The summed E-state index contributed by atoms with van der Waals surface area (Å²) in [5.74, 6) is 0. The summed E-state index contributed by atoms with van der Waals surface area (Å²) in [6.45, 7) is 0. The van der Waals surface area contributed by atoms with Gasteiger partial charge in [-0.3, -0.25) is 0 Å². The van der Waals surface area contributed by atoms with Gasteiger partial charge in [0.1, 0.15) is 0 Å². The van der Waals surface area contributed by atoms with E-state index < -0.39 is 6.16 Å². The van der Waals surface area contributed by atoms with Gasteiger partial charge < -0.3 is 49.0 Å².